The van der Waals surface area contributed by atoms with E-state index in [-0.39, 0.29) is 17.6 Å². The smallest absolute Gasteiger partial charge is 0.305 e. The largest absolute Gasteiger partial charge is 0.418 e. The Labute approximate surface area is 121 Å². The van der Waals surface area contributed by atoms with Gasteiger partial charge in [-0.2, -0.15) is 13.2 Å². The number of rotatable bonds is 2. The lowest BCUT2D eigenvalue weighted by Crippen LogP contribution is -2.17. The predicted molar refractivity (Wildman–Crippen MR) is 73.1 cm³/mol. The molecule has 3 rings (SSSR count). The zero-order valence-corrected chi connectivity index (χ0v) is 11.1. The lowest BCUT2D eigenvalue weighted by Gasteiger charge is -2.08. The number of H-pyrrole nitrogens is 1. The van der Waals surface area contributed by atoms with Crippen LogP contribution in [0.3, 0.4) is 0 Å². The van der Waals surface area contributed by atoms with Crippen LogP contribution in [-0.2, 0) is 12.7 Å². The third-order valence-electron chi connectivity index (χ3n) is 3.35. The summed E-state index contributed by atoms with van der Waals surface area (Å²) in [5.41, 5.74) is -1.23. The zero-order chi connectivity index (χ0) is 15.9. The van der Waals surface area contributed by atoms with Gasteiger partial charge in [0.05, 0.1) is 23.1 Å². The number of hydrogen-bond donors (Lipinski definition) is 1. The number of nitrogens with zero attached hydrogens (tertiary/aromatic N) is 1. The molecule has 0 bridgehead atoms. The van der Waals surface area contributed by atoms with E-state index in [4.69, 9.17) is 0 Å². The Morgan fingerprint density at radius 3 is 2.50 bits per heavy atom. The van der Waals surface area contributed by atoms with Crippen LogP contribution in [-0.4, -0.2) is 9.55 Å². The Kier molecular flexibility index (Phi) is 3.27. The summed E-state index contributed by atoms with van der Waals surface area (Å²) in [5, 5.41) is 0. The highest BCUT2D eigenvalue weighted by Crippen LogP contribution is 2.33. The number of fused-ring (bicyclic) bond motifs is 1. The van der Waals surface area contributed by atoms with Crippen molar-refractivity contribution in [3.05, 3.63) is 69.9 Å². The molecule has 7 heteroatoms. The highest BCUT2D eigenvalue weighted by atomic mass is 19.4. The summed E-state index contributed by atoms with van der Waals surface area (Å²) in [5.74, 6) is -0.471. The van der Waals surface area contributed by atoms with E-state index in [1.807, 2.05) is 0 Å². The van der Waals surface area contributed by atoms with E-state index < -0.39 is 23.2 Å². The second-order valence-corrected chi connectivity index (χ2v) is 4.84. The molecular formula is C15H10F4N2O. The summed E-state index contributed by atoms with van der Waals surface area (Å²) in [4.78, 5) is 14.2. The van der Waals surface area contributed by atoms with E-state index >= 15 is 0 Å². The SMILES string of the molecule is O=c1[nH]c2c(C(F)(F)F)cccc2n1Cc1cccc(F)c1. The molecule has 0 saturated carbocycles. The minimum atomic E-state index is -4.56. The van der Waals surface area contributed by atoms with Crippen LogP contribution in [0.4, 0.5) is 17.6 Å². The highest BCUT2D eigenvalue weighted by molar-refractivity contribution is 5.79. The Morgan fingerprint density at radius 2 is 1.82 bits per heavy atom. The monoisotopic (exact) mass is 310 g/mol. The summed E-state index contributed by atoms with van der Waals surface area (Å²) >= 11 is 0. The van der Waals surface area contributed by atoms with Crippen molar-refractivity contribution >= 4 is 11.0 Å². The fraction of sp³-hybridized carbons (Fsp3) is 0.133. The van der Waals surface area contributed by atoms with Crippen molar-refractivity contribution in [1.82, 2.24) is 9.55 Å². The summed E-state index contributed by atoms with van der Waals surface area (Å²) in [6.45, 7) is -0.0160. The molecule has 114 valence electrons. The van der Waals surface area contributed by atoms with E-state index in [9.17, 15) is 22.4 Å². The number of aromatic amines is 1. The number of benzene rings is 2. The first-order valence-corrected chi connectivity index (χ1v) is 6.39. The molecule has 1 N–H and O–H groups in total. The minimum absolute atomic E-state index is 0.0160. The van der Waals surface area contributed by atoms with Gasteiger partial charge in [-0.25, -0.2) is 9.18 Å². The average molecular weight is 310 g/mol. The Morgan fingerprint density at radius 1 is 1.09 bits per heavy atom. The van der Waals surface area contributed by atoms with Crippen molar-refractivity contribution in [2.45, 2.75) is 12.7 Å². The molecule has 0 aliphatic heterocycles. The molecule has 0 aliphatic rings. The molecule has 0 radical (unpaired) electrons. The summed E-state index contributed by atoms with van der Waals surface area (Å²) < 4.78 is 53.2. The van der Waals surface area contributed by atoms with Gasteiger partial charge >= 0.3 is 11.9 Å². The lowest BCUT2D eigenvalue weighted by molar-refractivity contribution is -0.136. The van der Waals surface area contributed by atoms with Gasteiger partial charge in [-0.15, -0.1) is 0 Å². The lowest BCUT2D eigenvalue weighted by atomic mass is 10.1. The van der Waals surface area contributed by atoms with Crippen molar-refractivity contribution in [2.24, 2.45) is 0 Å². The second kappa shape index (κ2) is 5.01. The zero-order valence-electron chi connectivity index (χ0n) is 11.1. The maximum Gasteiger partial charge on any atom is 0.418 e. The minimum Gasteiger partial charge on any atom is -0.305 e. The molecule has 0 aliphatic carbocycles. The van der Waals surface area contributed by atoms with E-state index in [0.717, 1.165) is 10.6 Å². The fourth-order valence-corrected chi connectivity index (χ4v) is 2.39. The van der Waals surface area contributed by atoms with Crippen LogP contribution in [0.1, 0.15) is 11.1 Å². The van der Waals surface area contributed by atoms with Gasteiger partial charge in [0.2, 0.25) is 0 Å². The molecule has 1 aromatic heterocycles. The topological polar surface area (TPSA) is 37.8 Å². The van der Waals surface area contributed by atoms with Crippen molar-refractivity contribution < 1.29 is 17.6 Å². The van der Waals surface area contributed by atoms with Crippen LogP contribution < -0.4 is 5.69 Å². The molecule has 0 saturated heterocycles. The molecule has 22 heavy (non-hydrogen) atoms. The number of para-hydroxylation sites is 1. The third-order valence-corrected chi connectivity index (χ3v) is 3.35. The summed E-state index contributed by atoms with van der Waals surface area (Å²) in [7, 11) is 0. The standard InChI is InChI=1S/C15H10F4N2O/c16-10-4-1-3-9(7-10)8-21-12-6-2-5-11(15(17,18)19)13(12)20-14(21)22/h1-7H,8H2,(H,20,22). The number of hydrogen-bond acceptors (Lipinski definition) is 1. The molecule has 0 spiro atoms. The van der Waals surface area contributed by atoms with E-state index in [0.29, 0.717) is 5.56 Å². The number of aromatic nitrogens is 2. The molecule has 0 atom stereocenters. The van der Waals surface area contributed by atoms with Gasteiger partial charge in [-0.3, -0.25) is 4.57 Å². The van der Waals surface area contributed by atoms with Crippen molar-refractivity contribution in [2.75, 3.05) is 0 Å². The molecular weight excluding hydrogens is 300 g/mol. The Hall–Kier alpha value is -2.57. The molecule has 3 nitrogen and oxygen atoms in total. The van der Waals surface area contributed by atoms with Crippen LogP contribution in [0, 0.1) is 5.82 Å². The van der Waals surface area contributed by atoms with Gasteiger partial charge in [-0.1, -0.05) is 18.2 Å². The number of halogens is 4. The molecule has 0 unspecified atom stereocenters. The molecule has 1 heterocycles. The highest BCUT2D eigenvalue weighted by Gasteiger charge is 2.33. The van der Waals surface area contributed by atoms with Gasteiger partial charge in [-0.05, 0) is 29.8 Å². The molecule has 2 aromatic carbocycles. The van der Waals surface area contributed by atoms with E-state index in [2.05, 4.69) is 4.98 Å². The van der Waals surface area contributed by atoms with E-state index in [1.165, 1.54) is 30.3 Å². The molecule has 3 aromatic rings. The first-order chi connectivity index (χ1) is 10.4. The average Bonchev–Trinajstić information content (AvgIpc) is 2.74. The quantitative estimate of drug-likeness (QED) is 0.722. The Bertz CT molecular complexity index is 892. The molecule has 0 fully saturated rings. The van der Waals surface area contributed by atoms with Crippen LogP contribution in [0.15, 0.2) is 47.3 Å². The second-order valence-electron chi connectivity index (χ2n) is 4.84. The van der Waals surface area contributed by atoms with Crippen LogP contribution >= 0.6 is 0 Å². The van der Waals surface area contributed by atoms with Gasteiger partial charge < -0.3 is 4.98 Å². The van der Waals surface area contributed by atoms with Crippen molar-refractivity contribution in [3.63, 3.8) is 0 Å². The summed E-state index contributed by atoms with van der Waals surface area (Å²) in [6.07, 6.45) is -4.56. The van der Waals surface area contributed by atoms with Gasteiger partial charge in [0.25, 0.3) is 0 Å². The number of imidazole rings is 1. The van der Waals surface area contributed by atoms with Crippen LogP contribution in [0.5, 0.6) is 0 Å². The first kappa shape index (κ1) is 14.4. The fourth-order valence-electron chi connectivity index (χ4n) is 2.39. The number of nitrogens with one attached hydrogen (secondary N) is 1. The predicted octanol–water partition coefficient (Wildman–Crippen LogP) is 3.54. The number of alkyl halides is 3. The first-order valence-electron chi connectivity index (χ1n) is 6.39. The van der Waals surface area contributed by atoms with Crippen molar-refractivity contribution in [1.29, 1.82) is 0 Å². The maximum atomic E-state index is 13.2. The Balaban J connectivity index is 2.15. The molecule has 0 amide bonds. The normalized spacial score (nSPS) is 12.0. The van der Waals surface area contributed by atoms with E-state index in [1.54, 1.807) is 6.07 Å². The van der Waals surface area contributed by atoms with Crippen LogP contribution in [0.25, 0.3) is 11.0 Å². The van der Waals surface area contributed by atoms with Crippen LogP contribution in [0.2, 0.25) is 0 Å². The van der Waals surface area contributed by atoms with Gasteiger partial charge in [0, 0.05) is 0 Å². The van der Waals surface area contributed by atoms with Crippen molar-refractivity contribution in [3.8, 4) is 0 Å². The third kappa shape index (κ3) is 2.49. The van der Waals surface area contributed by atoms with Gasteiger partial charge in [0.15, 0.2) is 0 Å². The van der Waals surface area contributed by atoms with Gasteiger partial charge in [0.1, 0.15) is 5.82 Å². The maximum absolute atomic E-state index is 13.2. The summed E-state index contributed by atoms with van der Waals surface area (Å²) in [6, 6.07) is 9.13.